The van der Waals surface area contributed by atoms with Crippen molar-refractivity contribution in [1.29, 1.82) is 0 Å². The van der Waals surface area contributed by atoms with E-state index in [4.69, 9.17) is 27.9 Å². The van der Waals surface area contributed by atoms with Crippen molar-refractivity contribution in [2.75, 3.05) is 41.8 Å². The number of rotatable bonds is 10. The maximum atomic E-state index is 12.0. The van der Waals surface area contributed by atoms with Gasteiger partial charge in [-0.2, -0.15) is 15.0 Å². The number of carbonyl (C=O) groups excluding carboxylic acids is 1. The lowest BCUT2D eigenvalue weighted by atomic mass is 10.0. The number of aryl methyl sites for hydroxylation is 2. The molecule has 0 spiro atoms. The lowest BCUT2D eigenvalue weighted by molar-refractivity contribution is -0.117. The van der Waals surface area contributed by atoms with Gasteiger partial charge >= 0.3 is 0 Å². The largest absolute Gasteiger partial charge is 0.364 e. The van der Waals surface area contributed by atoms with Crippen LogP contribution in [0.25, 0.3) is 0 Å². The molecule has 32 heavy (non-hydrogen) atoms. The van der Waals surface area contributed by atoms with E-state index < -0.39 is 0 Å². The number of halogens is 2. The Kier molecular flexibility index (Phi) is 12.9. The summed E-state index contributed by atoms with van der Waals surface area (Å²) in [5, 5.41) is 6.23. The highest BCUT2D eigenvalue weighted by Crippen LogP contribution is 2.27. The molecule has 0 radical (unpaired) electrons. The van der Waals surface area contributed by atoms with Gasteiger partial charge in [-0.1, -0.05) is 32.0 Å². The van der Waals surface area contributed by atoms with Crippen molar-refractivity contribution in [2.45, 2.75) is 53.5 Å². The molecular weight excluding hydrogens is 451 g/mol. The summed E-state index contributed by atoms with van der Waals surface area (Å²) in [6.07, 6.45) is 1.75. The first-order chi connectivity index (χ1) is 15.3. The normalized spacial score (nSPS) is 10.4. The second-order valence-corrected chi connectivity index (χ2v) is 7.69. The molecule has 8 nitrogen and oxygen atoms in total. The van der Waals surface area contributed by atoms with E-state index in [2.05, 4.69) is 39.4 Å². The van der Waals surface area contributed by atoms with Crippen LogP contribution in [0.4, 0.5) is 17.6 Å². The molecule has 1 amide bonds. The molecule has 0 aliphatic heterocycles. The minimum Gasteiger partial charge on any atom is -0.364 e. The van der Waals surface area contributed by atoms with Gasteiger partial charge in [0.25, 0.3) is 0 Å². The summed E-state index contributed by atoms with van der Waals surface area (Å²) in [5.74, 6) is 0.825. The van der Waals surface area contributed by atoms with Crippen LogP contribution in [0.1, 0.15) is 45.7 Å². The molecule has 2 rings (SSSR count). The molecule has 0 saturated carbocycles. The van der Waals surface area contributed by atoms with Crippen LogP contribution in [0.2, 0.25) is 5.28 Å². The number of alkyl halides is 1. The highest BCUT2D eigenvalue weighted by Gasteiger charge is 2.19. The molecule has 0 fully saturated rings. The topological polar surface area (TPSA) is 92.3 Å². The van der Waals surface area contributed by atoms with Crippen molar-refractivity contribution >= 4 is 46.7 Å². The average molecular weight is 485 g/mol. The minimum absolute atomic E-state index is 0.0371. The number of nitrogens with one attached hydrogen (secondary N) is 2. The zero-order valence-electron chi connectivity index (χ0n) is 19.7. The van der Waals surface area contributed by atoms with Gasteiger partial charge in [0, 0.05) is 19.7 Å². The summed E-state index contributed by atoms with van der Waals surface area (Å²) in [4.78, 5) is 25.6. The van der Waals surface area contributed by atoms with Crippen LogP contribution < -0.4 is 15.5 Å². The first kappa shape index (κ1) is 27.9. The second-order valence-electron chi connectivity index (χ2n) is 7.09. The molecule has 2 aromatic rings. The van der Waals surface area contributed by atoms with Crippen molar-refractivity contribution in [3.8, 4) is 0 Å². The highest BCUT2D eigenvalue weighted by molar-refractivity contribution is 6.29. The van der Waals surface area contributed by atoms with E-state index in [1.54, 1.807) is 12.0 Å². The molecule has 0 bridgehead atoms. The maximum absolute atomic E-state index is 12.0. The Bertz CT molecular complexity index is 829. The number of carbonyl (C=O) groups is 1. The van der Waals surface area contributed by atoms with Crippen molar-refractivity contribution in [2.24, 2.45) is 0 Å². The second kappa shape index (κ2) is 14.8. The van der Waals surface area contributed by atoms with E-state index in [9.17, 15) is 4.79 Å². The van der Waals surface area contributed by atoms with Gasteiger partial charge in [-0.15, -0.1) is 11.6 Å². The van der Waals surface area contributed by atoms with Gasteiger partial charge in [-0.25, -0.2) is 0 Å². The van der Waals surface area contributed by atoms with Crippen LogP contribution in [0.15, 0.2) is 18.2 Å². The van der Waals surface area contributed by atoms with Gasteiger partial charge in [0.1, 0.15) is 12.6 Å². The summed E-state index contributed by atoms with van der Waals surface area (Å²) >= 11 is 11.4. The number of benzene rings is 1. The van der Waals surface area contributed by atoms with Crippen LogP contribution in [-0.4, -0.2) is 53.2 Å². The highest BCUT2D eigenvalue weighted by atomic mass is 35.5. The molecule has 178 valence electrons. The van der Waals surface area contributed by atoms with Gasteiger partial charge in [-0.05, 0) is 56.3 Å². The summed E-state index contributed by atoms with van der Waals surface area (Å²) in [7, 11) is 1.58. The van der Waals surface area contributed by atoms with Crippen LogP contribution in [0.5, 0.6) is 0 Å². The first-order valence-corrected chi connectivity index (χ1v) is 11.6. The molecule has 0 aliphatic rings. The molecule has 2 N–H and O–H groups in total. The van der Waals surface area contributed by atoms with E-state index in [0.717, 1.165) is 36.2 Å². The predicted octanol–water partition coefficient (Wildman–Crippen LogP) is 4.76. The quantitative estimate of drug-likeness (QED) is 0.370. The SMILES string of the molecule is CCNc1nc(Cl)nc(NC(C)C)n1.CCc1cccc(CC)c1N(COC)C(=O)CCl. The number of para-hydroxylation sites is 1. The Hall–Kier alpha value is -2.16. The Balaban J connectivity index is 0.000000330. The van der Waals surface area contributed by atoms with Gasteiger partial charge in [0.2, 0.25) is 23.1 Å². The summed E-state index contributed by atoms with van der Waals surface area (Å²) in [6.45, 7) is 11.1. The number of hydrogen-bond donors (Lipinski definition) is 2. The average Bonchev–Trinajstić information content (AvgIpc) is 2.76. The Labute approximate surface area is 201 Å². The molecule has 10 heteroatoms. The zero-order chi connectivity index (χ0) is 24.1. The molecular formula is C22H34Cl2N6O2. The number of nitrogens with zero attached hydrogens (tertiary/aromatic N) is 4. The molecule has 1 aromatic heterocycles. The van der Waals surface area contributed by atoms with Crippen LogP contribution in [0.3, 0.4) is 0 Å². The van der Waals surface area contributed by atoms with Crippen LogP contribution >= 0.6 is 23.2 Å². The van der Waals surface area contributed by atoms with Crippen molar-refractivity contribution in [1.82, 2.24) is 15.0 Å². The Morgan fingerprint density at radius 1 is 1.09 bits per heavy atom. The van der Waals surface area contributed by atoms with E-state index in [1.807, 2.05) is 39.0 Å². The van der Waals surface area contributed by atoms with Crippen molar-refractivity contribution < 1.29 is 9.53 Å². The van der Waals surface area contributed by atoms with Gasteiger partial charge in [0.15, 0.2) is 0 Å². The summed E-state index contributed by atoms with van der Waals surface area (Å²) in [5.41, 5.74) is 3.24. The Morgan fingerprint density at radius 2 is 1.69 bits per heavy atom. The van der Waals surface area contributed by atoms with Crippen LogP contribution in [0, 0.1) is 0 Å². The van der Waals surface area contributed by atoms with E-state index in [0.29, 0.717) is 11.9 Å². The summed E-state index contributed by atoms with van der Waals surface area (Å²) in [6, 6.07) is 6.37. The number of methoxy groups -OCH3 is 1. The third-order valence-corrected chi connectivity index (χ3v) is 4.67. The fraction of sp³-hybridized carbons (Fsp3) is 0.545. The fourth-order valence-electron chi connectivity index (χ4n) is 2.93. The predicted molar refractivity (Wildman–Crippen MR) is 133 cm³/mol. The van der Waals surface area contributed by atoms with Crippen molar-refractivity contribution in [3.63, 3.8) is 0 Å². The van der Waals surface area contributed by atoms with Gasteiger partial charge in [0.05, 0.1) is 5.69 Å². The van der Waals surface area contributed by atoms with E-state index in [-0.39, 0.29) is 29.8 Å². The lowest BCUT2D eigenvalue weighted by Crippen LogP contribution is -2.35. The number of anilines is 3. The minimum atomic E-state index is -0.130. The van der Waals surface area contributed by atoms with Crippen LogP contribution in [-0.2, 0) is 22.4 Å². The number of hydrogen-bond acceptors (Lipinski definition) is 7. The van der Waals surface area contributed by atoms with Crippen molar-refractivity contribution in [3.05, 3.63) is 34.6 Å². The summed E-state index contributed by atoms with van der Waals surface area (Å²) < 4.78 is 5.13. The standard InChI is InChI=1S/C14H20ClNO2.C8H14ClN5/c1-4-11-7-6-8-12(5-2)14(11)16(10-18-3)13(17)9-15;1-4-10-7-12-6(9)13-8(14-7)11-5(2)3/h6-8H,4-5,9-10H2,1-3H3;5H,4H2,1-3H3,(H2,10,11,12,13,14). The third kappa shape index (κ3) is 8.76. The number of ether oxygens (including phenoxy) is 1. The maximum Gasteiger partial charge on any atom is 0.243 e. The molecule has 0 unspecified atom stereocenters. The number of amides is 1. The fourth-order valence-corrected chi connectivity index (χ4v) is 3.24. The zero-order valence-corrected chi connectivity index (χ0v) is 21.2. The monoisotopic (exact) mass is 484 g/mol. The van der Waals surface area contributed by atoms with Gasteiger partial charge < -0.3 is 15.4 Å². The number of aromatic nitrogens is 3. The molecule has 1 aromatic carbocycles. The first-order valence-electron chi connectivity index (χ1n) is 10.7. The molecule has 0 saturated heterocycles. The molecule has 0 aliphatic carbocycles. The third-order valence-electron chi connectivity index (χ3n) is 4.27. The Morgan fingerprint density at radius 3 is 2.16 bits per heavy atom. The van der Waals surface area contributed by atoms with E-state index in [1.165, 1.54) is 0 Å². The lowest BCUT2D eigenvalue weighted by Gasteiger charge is -2.26. The molecule has 1 heterocycles. The van der Waals surface area contributed by atoms with E-state index >= 15 is 0 Å². The molecule has 0 atom stereocenters. The smallest absolute Gasteiger partial charge is 0.243 e. The van der Waals surface area contributed by atoms with Gasteiger partial charge in [-0.3, -0.25) is 9.69 Å².